The molecule has 2 rings (SSSR count). The van der Waals surface area contributed by atoms with E-state index in [1.807, 2.05) is 6.07 Å². The number of rotatable bonds is 1. The van der Waals surface area contributed by atoms with E-state index >= 15 is 0 Å². The van der Waals surface area contributed by atoms with Crippen LogP contribution in [0.1, 0.15) is 40.2 Å². The van der Waals surface area contributed by atoms with Gasteiger partial charge in [0.15, 0.2) is 5.75 Å². The first-order chi connectivity index (χ1) is 7.41. The Morgan fingerprint density at radius 2 is 1.88 bits per heavy atom. The van der Waals surface area contributed by atoms with E-state index in [1.165, 1.54) is 5.56 Å². The molecule has 0 fully saturated rings. The van der Waals surface area contributed by atoms with Gasteiger partial charge in [0.1, 0.15) is 0 Å². The van der Waals surface area contributed by atoms with Crippen molar-refractivity contribution in [2.75, 3.05) is 6.54 Å². The highest BCUT2D eigenvalue weighted by molar-refractivity contribution is 5.42. The molecule has 1 aliphatic heterocycles. The number of hydrogen-bond donors (Lipinski definition) is 0. The largest absolute Gasteiger partial charge is 0.405 e. The predicted molar refractivity (Wildman–Crippen MR) is 66.3 cm³/mol. The maximum absolute atomic E-state index is 5.93. The first kappa shape index (κ1) is 11.5. The van der Waals surface area contributed by atoms with E-state index in [4.69, 9.17) is 4.84 Å². The average Bonchev–Trinajstić information content (AvgIpc) is 2.53. The molecule has 1 unspecified atom stereocenters. The van der Waals surface area contributed by atoms with Gasteiger partial charge in [-0.2, -0.15) is 0 Å². The van der Waals surface area contributed by atoms with Crippen LogP contribution in [0, 0.1) is 5.41 Å². The van der Waals surface area contributed by atoms with Gasteiger partial charge in [0.2, 0.25) is 0 Å². The third-order valence-electron chi connectivity index (χ3n) is 3.87. The van der Waals surface area contributed by atoms with Gasteiger partial charge in [0.25, 0.3) is 0 Å². The zero-order valence-corrected chi connectivity index (χ0v) is 10.9. The highest BCUT2D eigenvalue weighted by Gasteiger charge is 2.50. The summed E-state index contributed by atoms with van der Waals surface area (Å²) in [6.07, 6.45) is 0. The Kier molecular flexibility index (Phi) is 2.50. The van der Waals surface area contributed by atoms with Crippen molar-refractivity contribution in [1.82, 2.24) is 5.06 Å². The fourth-order valence-corrected chi connectivity index (χ4v) is 2.45. The van der Waals surface area contributed by atoms with E-state index in [-0.39, 0.29) is 11.0 Å². The lowest BCUT2D eigenvalue weighted by molar-refractivity contribution is -0.151. The third kappa shape index (κ3) is 1.36. The standard InChI is InChI=1S/C14H21NO/c1-6-15-14(5,13(2,3)4)11-9-7-8-10-12(11)16-15/h7-10H,6H2,1-5H3. The lowest BCUT2D eigenvalue weighted by Gasteiger charge is -2.43. The fourth-order valence-electron chi connectivity index (χ4n) is 2.45. The van der Waals surface area contributed by atoms with Crippen LogP contribution in [-0.4, -0.2) is 11.6 Å². The highest BCUT2D eigenvalue weighted by atomic mass is 16.7. The zero-order valence-electron chi connectivity index (χ0n) is 10.9. The summed E-state index contributed by atoms with van der Waals surface area (Å²) in [5.41, 5.74) is 1.37. The van der Waals surface area contributed by atoms with Crippen LogP contribution in [0.15, 0.2) is 24.3 Å². The van der Waals surface area contributed by atoms with Crippen LogP contribution in [0.3, 0.4) is 0 Å². The Balaban J connectivity index is 2.58. The van der Waals surface area contributed by atoms with Crippen LogP contribution in [0.4, 0.5) is 0 Å². The molecule has 1 heterocycles. The number of hydrogen-bond acceptors (Lipinski definition) is 2. The Hall–Kier alpha value is -1.02. The van der Waals surface area contributed by atoms with Crippen LogP contribution in [-0.2, 0) is 5.54 Å². The molecule has 88 valence electrons. The fraction of sp³-hybridized carbons (Fsp3) is 0.571. The van der Waals surface area contributed by atoms with Gasteiger partial charge in [-0.25, -0.2) is 0 Å². The molecular formula is C14H21NO. The molecule has 2 heteroatoms. The van der Waals surface area contributed by atoms with Crippen LogP contribution >= 0.6 is 0 Å². The van der Waals surface area contributed by atoms with E-state index < -0.39 is 0 Å². The maximum Gasteiger partial charge on any atom is 0.152 e. The zero-order chi connectivity index (χ0) is 12.0. The van der Waals surface area contributed by atoms with E-state index in [0.29, 0.717) is 0 Å². The Morgan fingerprint density at radius 3 is 2.44 bits per heavy atom. The van der Waals surface area contributed by atoms with Crippen molar-refractivity contribution in [3.05, 3.63) is 29.8 Å². The molecule has 0 amide bonds. The van der Waals surface area contributed by atoms with Crippen molar-refractivity contribution in [1.29, 1.82) is 0 Å². The van der Waals surface area contributed by atoms with Gasteiger partial charge >= 0.3 is 0 Å². The minimum absolute atomic E-state index is 0.0572. The van der Waals surface area contributed by atoms with Gasteiger partial charge in [0, 0.05) is 12.1 Å². The first-order valence-corrected chi connectivity index (χ1v) is 5.96. The van der Waals surface area contributed by atoms with Gasteiger partial charge in [0.05, 0.1) is 5.54 Å². The smallest absolute Gasteiger partial charge is 0.152 e. The predicted octanol–water partition coefficient (Wildman–Crippen LogP) is 3.58. The molecule has 1 aromatic rings. The van der Waals surface area contributed by atoms with E-state index in [1.54, 1.807) is 0 Å². The van der Waals surface area contributed by atoms with Gasteiger partial charge in [-0.1, -0.05) is 39.0 Å². The molecule has 16 heavy (non-hydrogen) atoms. The monoisotopic (exact) mass is 219 g/mol. The minimum Gasteiger partial charge on any atom is -0.405 e. The van der Waals surface area contributed by atoms with Gasteiger partial charge in [-0.05, 0) is 25.3 Å². The summed E-state index contributed by atoms with van der Waals surface area (Å²) in [7, 11) is 0. The lowest BCUT2D eigenvalue weighted by Crippen LogP contribution is -2.49. The second-order valence-corrected chi connectivity index (χ2v) is 5.60. The molecular weight excluding hydrogens is 198 g/mol. The van der Waals surface area contributed by atoms with Crippen molar-refractivity contribution in [2.45, 2.75) is 40.2 Å². The van der Waals surface area contributed by atoms with Gasteiger partial charge < -0.3 is 4.84 Å². The molecule has 0 spiro atoms. The van der Waals surface area contributed by atoms with Crippen LogP contribution in [0.2, 0.25) is 0 Å². The summed E-state index contributed by atoms with van der Waals surface area (Å²) >= 11 is 0. The molecule has 0 saturated carbocycles. The maximum atomic E-state index is 5.93. The van der Waals surface area contributed by atoms with Crippen LogP contribution in [0.25, 0.3) is 0 Å². The summed E-state index contributed by atoms with van der Waals surface area (Å²) in [5.74, 6) is 1.00. The summed E-state index contributed by atoms with van der Waals surface area (Å²) in [6.45, 7) is 12.1. The van der Waals surface area contributed by atoms with Crippen molar-refractivity contribution in [3.8, 4) is 5.75 Å². The Morgan fingerprint density at radius 1 is 1.25 bits per heavy atom. The normalized spacial score (nSPS) is 25.3. The average molecular weight is 219 g/mol. The third-order valence-corrected chi connectivity index (χ3v) is 3.87. The molecule has 0 bridgehead atoms. The lowest BCUT2D eigenvalue weighted by atomic mass is 9.70. The minimum atomic E-state index is -0.0572. The summed E-state index contributed by atoms with van der Waals surface area (Å²) < 4.78 is 0. The highest BCUT2D eigenvalue weighted by Crippen LogP contribution is 2.51. The molecule has 1 aliphatic rings. The Bertz CT molecular complexity index is 394. The van der Waals surface area contributed by atoms with Gasteiger partial charge in [-0.3, -0.25) is 0 Å². The van der Waals surface area contributed by atoms with Crippen molar-refractivity contribution >= 4 is 0 Å². The molecule has 0 aromatic heterocycles. The number of hydroxylamine groups is 2. The van der Waals surface area contributed by atoms with E-state index in [2.05, 4.69) is 57.9 Å². The SMILES string of the molecule is CCN1Oc2ccccc2C1(C)C(C)(C)C. The van der Waals surface area contributed by atoms with Crippen LogP contribution in [0.5, 0.6) is 5.75 Å². The summed E-state index contributed by atoms with van der Waals surface area (Å²) in [4.78, 5) is 5.93. The first-order valence-electron chi connectivity index (χ1n) is 5.96. The molecule has 0 aliphatic carbocycles. The molecule has 1 aromatic carbocycles. The Labute approximate surface area is 98.2 Å². The molecule has 0 saturated heterocycles. The topological polar surface area (TPSA) is 12.5 Å². The number of nitrogens with zero attached hydrogens (tertiary/aromatic N) is 1. The van der Waals surface area contributed by atoms with E-state index in [0.717, 1.165) is 12.3 Å². The number of fused-ring (bicyclic) bond motifs is 1. The van der Waals surface area contributed by atoms with Crippen molar-refractivity contribution in [2.24, 2.45) is 5.41 Å². The summed E-state index contributed by atoms with van der Waals surface area (Å²) in [6, 6.07) is 8.34. The van der Waals surface area contributed by atoms with Crippen molar-refractivity contribution in [3.63, 3.8) is 0 Å². The molecule has 0 N–H and O–H groups in total. The summed E-state index contributed by atoms with van der Waals surface area (Å²) in [5, 5.41) is 2.09. The second kappa shape index (κ2) is 3.49. The number of benzene rings is 1. The van der Waals surface area contributed by atoms with Crippen molar-refractivity contribution < 1.29 is 4.84 Å². The second-order valence-electron chi connectivity index (χ2n) is 5.60. The number of para-hydroxylation sites is 1. The quantitative estimate of drug-likeness (QED) is 0.716. The molecule has 0 radical (unpaired) electrons. The van der Waals surface area contributed by atoms with E-state index in [9.17, 15) is 0 Å². The van der Waals surface area contributed by atoms with Crippen LogP contribution < -0.4 is 4.84 Å². The molecule has 2 nitrogen and oxygen atoms in total. The van der Waals surface area contributed by atoms with Gasteiger partial charge in [-0.15, -0.1) is 5.06 Å². The molecule has 1 atom stereocenters.